The third kappa shape index (κ3) is 1.58. The standard InChI is InChI=1S/C9H10FN/c1-2-4-7-5-3-6-8(10)9(7)11/h2-6H,11H2,1H3/b4-2-. The van der Waals surface area contributed by atoms with Crippen LogP contribution in [0, 0.1) is 5.82 Å². The normalized spacial score (nSPS) is 10.7. The molecular formula is C9H10FN. The third-order valence-corrected chi connectivity index (χ3v) is 1.43. The molecule has 0 heterocycles. The van der Waals surface area contributed by atoms with Crippen molar-refractivity contribution in [2.24, 2.45) is 0 Å². The number of hydrogen-bond donors (Lipinski definition) is 1. The van der Waals surface area contributed by atoms with Crippen molar-refractivity contribution in [3.63, 3.8) is 0 Å². The fourth-order valence-electron chi connectivity index (χ4n) is 0.879. The van der Waals surface area contributed by atoms with Crippen LogP contribution in [0.4, 0.5) is 10.1 Å². The second kappa shape index (κ2) is 3.19. The minimum absolute atomic E-state index is 0.214. The summed E-state index contributed by atoms with van der Waals surface area (Å²) >= 11 is 0. The molecule has 0 saturated heterocycles. The second-order valence-corrected chi connectivity index (χ2v) is 2.24. The van der Waals surface area contributed by atoms with Gasteiger partial charge in [-0.1, -0.05) is 24.3 Å². The maximum atomic E-state index is 12.7. The molecule has 0 fully saturated rings. The molecule has 0 saturated carbocycles. The quantitative estimate of drug-likeness (QED) is 0.613. The van der Waals surface area contributed by atoms with Crippen molar-refractivity contribution in [1.29, 1.82) is 0 Å². The van der Waals surface area contributed by atoms with E-state index in [0.29, 0.717) is 0 Å². The van der Waals surface area contributed by atoms with Gasteiger partial charge in [0.15, 0.2) is 0 Å². The van der Waals surface area contributed by atoms with Crippen molar-refractivity contribution < 1.29 is 4.39 Å². The molecule has 0 unspecified atom stereocenters. The van der Waals surface area contributed by atoms with Gasteiger partial charge >= 0.3 is 0 Å². The maximum Gasteiger partial charge on any atom is 0.146 e. The van der Waals surface area contributed by atoms with Gasteiger partial charge in [0.2, 0.25) is 0 Å². The summed E-state index contributed by atoms with van der Waals surface area (Å²) in [6.45, 7) is 1.87. The van der Waals surface area contributed by atoms with E-state index >= 15 is 0 Å². The molecule has 0 radical (unpaired) electrons. The molecule has 0 aliphatic heterocycles. The fraction of sp³-hybridized carbons (Fsp3) is 0.111. The first-order valence-electron chi connectivity index (χ1n) is 3.42. The Morgan fingerprint density at radius 3 is 2.82 bits per heavy atom. The number of rotatable bonds is 1. The maximum absolute atomic E-state index is 12.7. The average Bonchev–Trinajstić information content (AvgIpc) is 1.99. The minimum atomic E-state index is -0.361. The summed E-state index contributed by atoms with van der Waals surface area (Å²) in [6.07, 6.45) is 3.60. The van der Waals surface area contributed by atoms with Crippen LogP contribution in [-0.2, 0) is 0 Å². The van der Waals surface area contributed by atoms with E-state index in [1.807, 2.05) is 13.0 Å². The summed E-state index contributed by atoms with van der Waals surface area (Å²) in [6, 6.07) is 4.77. The van der Waals surface area contributed by atoms with E-state index in [0.717, 1.165) is 5.56 Å². The first kappa shape index (κ1) is 7.79. The van der Waals surface area contributed by atoms with Gasteiger partial charge in [-0.3, -0.25) is 0 Å². The summed E-state index contributed by atoms with van der Waals surface area (Å²) in [5.41, 5.74) is 6.39. The van der Waals surface area contributed by atoms with Crippen LogP contribution in [0.2, 0.25) is 0 Å². The molecule has 0 amide bonds. The summed E-state index contributed by atoms with van der Waals surface area (Å²) < 4.78 is 12.7. The Kier molecular flexibility index (Phi) is 2.26. The van der Waals surface area contributed by atoms with E-state index in [9.17, 15) is 4.39 Å². The second-order valence-electron chi connectivity index (χ2n) is 2.24. The van der Waals surface area contributed by atoms with Crippen LogP contribution >= 0.6 is 0 Å². The van der Waals surface area contributed by atoms with E-state index in [1.54, 1.807) is 18.2 Å². The molecule has 1 aromatic carbocycles. The number of para-hydroxylation sites is 1. The number of halogens is 1. The smallest absolute Gasteiger partial charge is 0.146 e. The molecule has 2 heteroatoms. The van der Waals surface area contributed by atoms with E-state index < -0.39 is 0 Å². The van der Waals surface area contributed by atoms with Crippen LogP contribution in [0.15, 0.2) is 24.3 Å². The lowest BCUT2D eigenvalue weighted by molar-refractivity contribution is 0.632. The van der Waals surface area contributed by atoms with Crippen molar-refractivity contribution in [3.8, 4) is 0 Å². The first-order valence-corrected chi connectivity index (χ1v) is 3.42. The van der Waals surface area contributed by atoms with Crippen molar-refractivity contribution in [2.45, 2.75) is 6.92 Å². The Hall–Kier alpha value is -1.31. The van der Waals surface area contributed by atoms with Gasteiger partial charge < -0.3 is 5.73 Å². The largest absolute Gasteiger partial charge is 0.396 e. The number of allylic oxidation sites excluding steroid dienone is 1. The highest BCUT2D eigenvalue weighted by Gasteiger charge is 1.99. The van der Waals surface area contributed by atoms with Crippen LogP contribution in [-0.4, -0.2) is 0 Å². The van der Waals surface area contributed by atoms with Crippen molar-refractivity contribution in [1.82, 2.24) is 0 Å². The molecule has 1 nitrogen and oxygen atoms in total. The average molecular weight is 151 g/mol. The SMILES string of the molecule is C/C=C\c1cccc(F)c1N. The highest BCUT2D eigenvalue weighted by atomic mass is 19.1. The number of anilines is 1. The Morgan fingerprint density at radius 2 is 2.18 bits per heavy atom. The summed E-state index contributed by atoms with van der Waals surface area (Å²) in [5.74, 6) is -0.361. The van der Waals surface area contributed by atoms with Gasteiger partial charge in [-0.05, 0) is 13.0 Å². The molecule has 0 spiro atoms. The van der Waals surface area contributed by atoms with Crippen molar-refractivity contribution >= 4 is 11.8 Å². The molecule has 0 aliphatic rings. The van der Waals surface area contributed by atoms with Gasteiger partial charge in [0.1, 0.15) is 5.82 Å². The van der Waals surface area contributed by atoms with E-state index in [4.69, 9.17) is 5.73 Å². The molecule has 2 N–H and O–H groups in total. The summed E-state index contributed by atoms with van der Waals surface area (Å²) in [7, 11) is 0. The lowest BCUT2D eigenvalue weighted by Gasteiger charge is -1.99. The number of nitrogens with two attached hydrogens (primary N) is 1. The Morgan fingerprint density at radius 1 is 1.45 bits per heavy atom. The predicted octanol–water partition coefficient (Wildman–Crippen LogP) is 2.44. The highest BCUT2D eigenvalue weighted by Crippen LogP contribution is 2.16. The van der Waals surface area contributed by atoms with Crippen molar-refractivity contribution in [2.75, 3.05) is 5.73 Å². The molecule has 1 aromatic rings. The van der Waals surface area contributed by atoms with Crippen LogP contribution in [0.1, 0.15) is 12.5 Å². The zero-order chi connectivity index (χ0) is 8.27. The van der Waals surface area contributed by atoms with E-state index in [-0.39, 0.29) is 11.5 Å². The predicted molar refractivity (Wildman–Crippen MR) is 45.5 cm³/mol. The van der Waals surface area contributed by atoms with Gasteiger partial charge in [-0.15, -0.1) is 0 Å². The van der Waals surface area contributed by atoms with Gasteiger partial charge in [0, 0.05) is 5.56 Å². The molecule has 0 aromatic heterocycles. The lowest BCUT2D eigenvalue weighted by atomic mass is 10.1. The first-order chi connectivity index (χ1) is 5.25. The lowest BCUT2D eigenvalue weighted by Crippen LogP contribution is -1.92. The monoisotopic (exact) mass is 151 g/mol. The van der Waals surface area contributed by atoms with Crippen LogP contribution in [0.5, 0.6) is 0 Å². The zero-order valence-corrected chi connectivity index (χ0v) is 6.34. The van der Waals surface area contributed by atoms with E-state index in [1.165, 1.54) is 6.07 Å². The molecule has 0 aliphatic carbocycles. The van der Waals surface area contributed by atoms with Crippen LogP contribution in [0.3, 0.4) is 0 Å². The summed E-state index contributed by atoms with van der Waals surface area (Å²) in [5, 5.41) is 0. The van der Waals surface area contributed by atoms with Gasteiger partial charge in [0.05, 0.1) is 5.69 Å². The Labute approximate surface area is 65.3 Å². The van der Waals surface area contributed by atoms with Gasteiger partial charge in [0.25, 0.3) is 0 Å². The summed E-state index contributed by atoms with van der Waals surface area (Å²) in [4.78, 5) is 0. The molecule has 11 heavy (non-hydrogen) atoms. The van der Waals surface area contributed by atoms with Crippen LogP contribution in [0.25, 0.3) is 6.08 Å². The Bertz CT molecular complexity index is 279. The molecule has 0 bridgehead atoms. The third-order valence-electron chi connectivity index (χ3n) is 1.43. The topological polar surface area (TPSA) is 26.0 Å². The molecular weight excluding hydrogens is 141 g/mol. The molecule has 0 atom stereocenters. The minimum Gasteiger partial charge on any atom is -0.396 e. The van der Waals surface area contributed by atoms with Gasteiger partial charge in [-0.2, -0.15) is 0 Å². The van der Waals surface area contributed by atoms with Gasteiger partial charge in [-0.25, -0.2) is 4.39 Å². The molecule has 1 rings (SSSR count). The number of nitrogen functional groups attached to an aromatic ring is 1. The fourth-order valence-corrected chi connectivity index (χ4v) is 0.879. The Balaban J connectivity index is 3.16. The van der Waals surface area contributed by atoms with Crippen molar-refractivity contribution in [3.05, 3.63) is 35.7 Å². The number of benzene rings is 1. The van der Waals surface area contributed by atoms with E-state index in [2.05, 4.69) is 0 Å². The number of hydrogen-bond acceptors (Lipinski definition) is 1. The molecule has 58 valence electrons. The zero-order valence-electron chi connectivity index (χ0n) is 6.34. The van der Waals surface area contributed by atoms with Crippen LogP contribution < -0.4 is 5.73 Å². The highest BCUT2D eigenvalue weighted by molar-refractivity contribution is 5.64.